The number of anilines is 1. The van der Waals surface area contributed by atoms with Crippen molar-refractivity contribution in [2.24, 2.45) is 0 Å². The maximum absolute atomic E-state index is 12.6. The quantitative estimate of drug-likeness (QED) is 0.733. The fourth-order valence-corrected chi connectivity index (χ4v) is 4.04. The molecule has 23 heavy (non-hydrogen) atoms. The fourth-order valence-electron chi connectivity index (χ4n) is 2.17. The van der Waals surface area contributed by atoms with Gasteiger partial charge in [-0.2, -0.15) is 0 Å². The van der Waals surface area contributed by atoms with E-state index >= 15 is 0 Å². The smallest absolute Gasteiger partial charge is 0.263 e. The van der Waals surface area contributed by atoms with E-state index < -0.39 is 10.0 Å². The maximum atomic E-state index is 12.6. The fraction of sp³-hybridized carbons (Fsp3) is 0.0625. The van der Waals surface area contributed by atoms with E-state index in [9.17, 15) is 8.42 Å². The summed E-state index contributed by atoms with van der Waals surface area (Å²) in [5.74, 6) is 0. The van der Waals surface area contributed by atoms with Crippen LogP contribution in [0.2, 0.25) is 10.0 Å². The van der Waals surface area contributed by atoms with Crippen molar-refractivity contribution in [3.8, 4) is 0 Å². The third-order valence-corrected chi connectivity index (χ3v) is 5.60. The Kier molecular flexibility index (Phi) is 4.19. The van der Waals surface area contributed by atoms with Crippen LogP contribution in [0.25, 0.3) is 10.9 Å². The predicted octanol–water partition coefficient (Wildman–Crippen LogP) is 4.65. The molecule has 1 N–H and O–H groups in total. The zero-order valence-corrected chi connectivity index (χ0v) is 14.4. The molecule has 3 rings (SSSR count). The van der Waals surface area contributed by atoms with Gasteiger partial charge in [-0.15, -0.1) is 0 Å². The van der Waals surface area contributed by atoms with Gasteiger partial charge in [0, 0.05) is 10.4 Å². The zero-order chi connectivity index (χ0) is 16.6. The summed E-state index contributed by atoms with van der Waals surface area (Å²) < 4.78 is 27.6. The minimum atomic E-state index is -3.83. The van der Waals surface area contributed by atoms with Crippen LogP contribution in [-0.4, -0.2) is 13.4 Å². The lowest BCUT2D eigenvalue weighted by Gasteiger charge is -2.11. The average Bonchev–Trinajstić information content (AvgIpc) is 2.50. The SMILES string of the molecule is Cc1cc(S(=O)(=O)Nc2cnc3ccccc3c2)c(Cl)cc1Cl. The van der Waals surface area contributed by atoms with Gasteiger partial charge in [0.25, 0.3) is 10.0 Å². The summed E-state index contributed by atoms with van der Waals surface area (Å²) in [6.45, 7) is 1.72. The van der Waals surface area contributed by atoms with E-state index in [1.807, 2.05) is 24.3 Å². The van der Waals surface area contributed by atoms with Crippen LogP contribution in [0.1, 0.15) is 5.56 Å². The Morgan fingerprint density at radius 1 is 1.04 bits per heavy atom. The lowest BCUT2D eigenvalue weighted by Crippen LogP contribution is -2.14. The molecule has 0 amide bonds. The maximum Gasteiger partial charge on any atom is 0.263 e. The average molecular weight is 367 g/mol. The van der Waals surface area contributed by atoms with Crippen LogP contribution in [0.5, 0.6) is 0 Å². The first kappa shape index (κ1) is 16.1. The molecule has 0 aliphatic carbocycles. The first-order valence-corrected chi connectivity index (χ1v) is 8.94. The number of hydrogen-bond donors (Lipinski definition) is 1. The molecule has 118 valence electrons. The van der Waals surface area contributed by atoms with Crippen LogP contribution in [0.4, 0.5) is 5.69 Å². The van der Waals surface area contributed by atoms with Gasteiger partial charge in [-0.3, -0.25) is 9.71 Å². The second kappa shape index (κ2) is 6.00. The molecule has 0 atom stereocenters. The summed E-state index contributed by atoms with van der Waals surface area (Å²) in [4.78, 5) is 4.21. The minimum Gasteiger partial charge on any atom is -0.278 e. The van der Waals surface area contributed by atoms with Gasteiger partial charge in [0.05, 0.1) is 22.4 Å². The Balaban J connectivity index is 2.01. The Morgan fingerprint density at radius 3 is 2.57 bits per heavy atom. The number of nitrogens with zero attached hydrogens (tertiary/aromatic N) is 1. The Morgan fingerprint density at radius 2 is 1.78 bits per heavy atom. The number of pyridine rings is 1. The normalized spacial score (nSPS) is 11.6. The van der Waals surface area contributed by atoms with Crippen molar-refractivity contribution >= 4 is 49.8 Å². The van der Waals surface area contributed by atoms with Gasteiger partial charge in [0.15, 0.2) is 0 Å². The Bertz CT molecular complexity index is 1000. The standard InChI is InChI=1S/C16H12Cl2N2O2S/c1-10-6-16(14(18)8-13(10)17)23(21,22)20-12-7-11-4-2-3-5-15(11)19-9-12/h2-9,20H,1H3. The van der Waals surface area contributed by atoms with E-state index in [1.54, 1.807) is 13.0 Å². The Labute approximate surface area is 144 Å². The number of fused-ring (bicyclic) bond motifs is 1. The molecule has 0 bridgehead atoms. The number of rotatable bonds is 3. The highest BCUT2D eigenvalue weighted by atomic mass is 35.5. The van der Waals surface area contributed by atoms with Crippen molar-refractivity contribution in [2.75, 3.05) is 4.72 Å². The van der Waals surface area contributed by atoms with Gasteiger partial charge in [-0.25, -0.2) is 8.42 Å². The van der Waals surface area contributed by atoms with Crippen molar-refractivity contribution in [2.45, 2.75) is 11.8 Å². The number of nitrogens with one attached hydrogen (secondary N) is 1. The molecule has 0 aliphatic rings. The molecule has 1 aromatic heterocycles. The highest BCUT2D eigenvalue weighted by Crippen LogP contribution is 2.29. The number of benzene rings is 2. The molecule has 0 saturated carbocycles. The van der Waals surface area contributed by atoms with Gasteiger partial charge in [0.2, 0.25) is 0 Å². The number of sulfonamides is 1. The molecular formula is C16H12Cl2N2O2S. The number of hydrogen-bond acceptors (Lipinski definition) is 3. The van der Waals surface area contributed by atoms with Crippen molar-refractivity contribution < 1.29 is 8.42 Å². The molecule has 1 heterocycles. The third-order valence-electron chi connectivity index (χ3n) is 3.35. The largest absolute Gasteiger partial charge is 0.278 e. The van der Waals surface area contributed by atoms with Gasteiger partial charge in [-0.1, -0.05) is 41.4 Å². The van der Waals surface area contributed by atoms with E-state index in [0.717, 1.165) is 10.9 Å². The summed E-state index contributed by atoms with van der Waals surface area (Å²) in [5.41, 5.74) is 1.79. The molecule has 3 aromatic rings. The molecule has 0 fully saturated rings. The zero-order valence-electron chi connectivity index (χ0n) is 12.0. The van der Waals surface area contributed by atoms with Gasteiger partial charge >= 0.3 is 0 Å². The monoisotopic (exact) mass is 366 g/mol. The van der Waals surface area contributed by atoms with E-state index in [-0.39, 0.29) is 9.92 Å². The summed E-state index contributed by atoms with van der Waals surface area (Å²) in [6.07, 6.45) is 1.47. The number of aryl methyl sites for hydroxylation is 1. The third kappa shape index (κ3) is 3.27. The molecule has 0 saturated heterocycles. The molecule has 0 unspecified atom stereocenters. The molecule has 2 aromatic carbocycles. The van der Waals surface area contributed by atoms with Gasteiger partial charge in [0.1, 0.15) is 4.90 Å². The summed E-state index contributed by atoms with van der Waals surface area (Å²) in [7, 11) is -3.83. The van der Waals surface area contributed by atoms with Crippen molar-refractivity contribution in [1.29, 1.82) is 0 Å². The highest BCUT2D eigenvalue weighted by molar-refractivity contribution is 7.92. The van der Waals surface area contributed by atoms with E-state index in [4.69, 9.17) is 23.2 Å². The lowest BCUT2D eigenvalue weighted by atomic mass is 10.2. The Hall–Kier alpha value is -1.82. The van der Waals surface area contributed by atoms with Gasteiger partial charge < -0.3 is 0 Å². The molecular weight excluding hydrogens is 355 g/mol. The van der Waals surface area contributed by atoms with Crippen LogP contribution in [-0.2, 0) is 10.0 Å². The van der Waals surface area contributed by atoms with Crippen molar-refractivity contribution in [1.82, 2.24) is 4.98 Å². The number of aromatic nitrogens is 1. The van der Waals surface area contributed by atoms with E-state index in [1.165, 1.54) is 18.3 Å². The topological polar surface area (TPSA) is 59.1 Å². The van der Waals surface area contributed by atoms with Crippen LogP contribution in [0, 0.1) is 6.92 Å². The summed E-state index contributed by atoms with van der Waals surface area (Å²) in [6, 6.07) is 12.0. The highest BCUT2D eigenvalue weighted by Gasteiger charge is 2.19. The molecule has 4 nitrogen and oxygen atoms in total. The van der Waals surface area contributed by atoms with Crippen molar-refractivity contribution in [3.05, 3.63) is 64.3 Å². The second-order valence-electron chi connectivity index (χ2n) is 5.05. The second-order valence-corrected chi connectivity index (χ2v) is 7.52. The van der Waals surface area contributed by atoms with Gasteiger partial charge in [-0.05, 0) is 36.8 Å². The molecule has 0 aliphatic heterocycles. The van der Waals surface area contributed by atoms with E-state index in [0.29, 0.717) is 16.3 Å². The van der Waals surface area contributed by atoms with E-state index in [2.05, 4.69) is 9.71 Å². The number of para-hydroxylation sites is 1. The number of halogens is 2. The first-order valence-electron chi connectivity index (χ1n) is 6.70. The molecule has 0 radical (unpaired) electrons. The summed E-state index contributed by atoms with van der Waals surface area (Å²) in [5, 5.41) is 1.33. The van der Waals surface area contributed by atoms with Crippen LogP contribution < -0.4 is 4.72 Å². The van der Waals surface area contributed by atoms with Crippen LogP contribution >= 0.6 is 23.2 Å². The van der Waals surface area contributed by atoms with Crippen molar-refractivity contribution in [3.63, 3.8) is 0 Å². The predicted molar refractivity (Wildman–Crippen MR) is 93.8 cm³/mol. The lowest BCUT2D eigenvalue weighted by molar-refractivity contribution is 0.601. The first-order chi connectivity index (χ1) is 10.9. The van der Waals surface area contributed by atoms with Crippen LogP contribution in [0.3, 0.4) is 0 Å². The minimum absolute atomic E-state index is 0.0192. The molecule has 0 spiro atoms. The van der Waals surface area contributed by atoms with Crippen LogP contribution in [0.15, 0.2) is 53.6 Å². The summed E-state index contributed by atoms with van der Waals surface area (Å²) >= 11 is 12.0. The molecule has 7 heteroatoms.